The first-order valence-corrected chi connectivity index (χ1v) is 7.36. The van der Waals surface area contributed by atoms with Crippen molar-refractivity contribution in [3.63, 3.8) is 0 Å². The van der Waals surface area contributed by atoms with Crippen molar-refractivity contribution >= 4 is 11.9 Å². The Bertz CT molecular complexity index is 757. The van der Waals surface area contributed by atoms with E-state index in [0.29, 0.717) is 18.7 Å². The average Bonchev–Trinajstić information content (AvgIpc) is 3.17. The Morgan fingerprint density at radius 1 is 1.26 bits per heavy atom. The van der Waals surface area contributed by atoms with Gasteiger partial charge in [-0.3, -0.25) is 9.59 Å². The summed E-state index contributed by atoms with van der Waals surface area (Å²) in [5, 5.41) is 9.23. The number of hydrogen-bond acceptors (Lipinski definition) is 2. The molecule has 1 unspecified atom stereocenters. The molecule has 120 valence electrons. The van der Waals surface area contributed by atoms with Gasteiger partial charge >= 0.3 is 5.97 Å². The fourth-order valence-corrected chi connectivity index (χ4v) is 2.84. The Balaban J connectivity index is 1.82. The molecule has 0 saturated carbocycles. The molecular weight excluding hydrogens is 299 g/mol. The molecule has 0 radical (unpaired) electrons. The monoisotopic (exact) mass is 316 g/mol. The highest BCUT2D eigenvalue weighted by Gasteiger charge is 2.42. The molecule has 1 fully saturated rings. The Hall–Kier alpha value is -2.63. The van der Waals surface area contributed by atoms with Crippen LogP contribution in [0.3, 0.4) is 0 Å². The molecule has 1 aromatic carbocycles. The fourth-order valence-electron chi connectivity index (χ4n) is 2.84. The lowest BCUT2D eigenvalue weighted by atomic mass is 9.90. The molecule has 5 nitrogen and oxygen atoms in total. The number of carbonyl (C=O) groups excluding carboxylic acids is 1. The van der Waals surface area contributed by atoms with E-state index in [1.165, 1.54) is 11.0 Å². The van der Waals surface area contributed by atoms with Gasteiger partial charge in [-0.2, -0.15) is 0 Å². The third kappa shape index (κ3) is 2.72. The number of carbonyl (C=O) groups is 2. The maximum absolute atomic E-state index is 14.3. The molecule has 6 heteroatoms. The van der Waals surface area contributed by atoms with Crippen LogP contribution in [-0.4, -0.2) is 39.5 Å². The minimum absolute atomic E-state index is 0.141. The van der Waals surface area contributed by atoms with Crippen molar-refractivity contribution in [1.82, 2.24) is 9.47 Å². The van der Waals surface area contributed by atoms with E-state index in [1.807, 2.05) is 0 Å². The maximum Gasteiger partial charge on any atom is 0.311 e. The number of likely N-dealkylation sites (tertiary alicyclic amines) is 1. The van der Waals surface area contributed by atoms with Crippen LogP contribution >= 0.6 is 0 Å². The summed E-state index contributed by atoms with van der Waals surface area (Å²) in [5.41, 5.74) is -0.337. The summed E-state index contributed by atoms with van der Waals surface area (Å²) >= 11 is 0. The Morgan fingerprint density at radius 2 is 1.96 bits per heavy atom. The zero-order chi connectivity index (χ0) is 16.6. The van der Waals surface area contributed by atoms with Crippen molar-refractivity contribution in [3.8, 4) is 5.69 Å². The van der Waals surface area contributed by atoms with Crippen molar-refractivity contribution < 1.29 is 19.1 Å². The van der Waals surface area contributed by atoms with E-state index in [9.17, 15) is 19.1 Å². The number of rotatable bonds is 3. The molecule has 1 atom stereocenters. The number of carboxylic acids is 1. The number of benzene rings is 1. The highest BCUT2D eigenvalue weighted by Crippen LogP contribution is 2.31. The Labute approximate surface area is 132 Å². The zero-order valence-electron chi connectivity index (χ0n) is 12.7. The molecule has 1 N–H and O–H groups in total. The van der Waals surface area contributed by atoms with Crippen molar-refractivity contribution in [2.24, 2.45) is 5.41 Å². The number of hydrogen-bond donors (Lipinski definition) is 1. The molecule has 1 saturated heterocycles. The predicted octanol–water partition coefficient (Wildman–Crippen LogP) is 2.55. The van der Waals surface area contributed by atoms with Gasteiger partial charge in [-0.25, -0.2) is 4.39 Å². The van der Waals surface area contributed by atoms with Gasteiger partial charge in [0.15, 0.2) is 0 Å². The van der Waals surface area contributed by atoms with Crippen molar-refractivity contribution in [3.05, 3.63) is 54.1 Å². The van der Waals surface area contributed by atoms with E-state index in [2.05, 4.69) is 0 Å². The van der Waals surface area contributed by atoms with Gasteiger partial charge in [0.2, 0.25) is 0 Å². The maximum atomic E-state index is 14.3. The number of amides is 1. The first-order valence-electron chi connectivity index (χ1n) is 7.36. The van der Waals surface area contributed by atoms with Crippen LogP contribution in [0.25, 0.3) is 5.69 Å². The van der Waals surface area contributed by atoms with Gasteiger partial charge in [0.05, 0.1) is 11.1 Å². The van der Waals surface area contributed by atoms with Crippen LogP contribution in [0.5, 0.6) is 0 Å². The van der Waals surface area contributed by atoms with E-state index in [1.54, 1.807) is 48.1 Å². The van der Waals surface area contributed by atoms with E-state index in [0.717, 1.165) is 0 Å². The Kier molecular flexibility index (Phi) is 3.67. The van der Waals surface area contributed by atoms with E-state index in [-0.39, 0.29) is 18.0 Å². The topological polar surface area (TPSA) is 62.5 Å². The number of carboxylic acid groups (broad SMARTS) is 1. The van der Waals surface area contributed by atoms with Crippen LogP contribution in [0.1, 0.15) is 23.7 Å². The van der Waals surface area contributed by atoms with E-state index >= 15 is 0 Å². The molecule has 3 rings (SSSR count). The van der Waals surface area contributed by atoms with Crippen LogP contribution in [0.15, 0.2) is 42.7 Å². The smallest absolute Gasteiger partial charge is 0.311 e. The number of aromatic nitrogens is 1. The molecule has 23 heavy (non-hydrogen) atoms. The van der Waals surface area contributed by atoms with Gasteiger partial charge in [-0.05, 0) is 43.7 Å². The quantitative estimate of drug-likeness (QED) is 0.946. The normalized spacial score (nSPS) is 20.7. The van der Waals surface area contributed by atoms with Gasteiger partial charge in [0.25, 0.3) is 5.91 Å². The molecule has 2 heterocycles. The minimum Gasteiger partial charge on any atom is -0.481 e. The van der Waals surface area contributed by atoms with E-state index < -0.39 is 17.2 Å². The second-order valence-corrected chi connectivity index (χ2v) is 6.10. The Morgan fingerprint density at radius 3 is 2.52 bits per heavy atom. The lowest BCUT2D eigenvalue weighted by molar-refractivity contribution is -0.147. The third-order valence-corrected chi connectivity index (χ3v) is 4.35. The lowest BCUT2D eigenvalue weighted by Crippen LogP contribution is -2.34. The first-order chi connectivity index (χ1) is 10.9. The summed E-state index contributed by atoms with van der Waals surface area (Å²) < 4.78 is 15.9. The van der Waals surface area contributed by atoms with Crippen molar-refractivity contribution in [2.45, 2.75) is 13.3 Å². The van der Waals surface area contributed by atoms with Gasteiger partial charge in [-0.1, -0.05) is 0 Å². The average molecular weight is 316 g/mol. The fraction of sp³-hybridized carbons (Fsp3) is 0.294. The van der Waals surface area contributed by atoms with Crippen molar-refractivity contribution in [1.29, 1.82) is 0 Å². The molecular formula is C17H17FN2O3. The minimum atomic E-state index is -0.931. The second kappa shape index (κ2) is 5.53. The van der Waals surface area contributed by atoms with E-state index in [4.69, 9.17) is 0 Å². The summed E-state index contributed by atoms with van der Waals surface area (Å²) in [6, 6.07) is 7.89. The van der Waals surface area contributed by atoms with Gasteiger partial charge in [-0.15, -0.1) is 0 Å². The highest BCUT2D eigenvalue weighted by atomic mass is 19.1. The molecule has 0 aliphatic carbocycles. The highest BCUT2D eigenvalue weighted by molar-refractivity contribution is 5.95. The largest absolute Gasteiger partial charge is 0.481 e. The summed E-state index contributed by atoms with van der Waals surface area (Å²) in [4.78, 5) is 25.2. The van der Waals surface area contributed by atoms with Crippen LogP contribution in [0.2, 0.25) is 0 Å². The standard InChI is InChI=1S/C17H17FN2O3/c1-17(16(22)23)6-9-20(11-17)15(21)12-4-5-14(13(18)10-12)19-7-2-3-8-19/h2-5,7-8,10H,6,9,11H2,1H3,(H,22,23). The summed E-state index contributed by atoms with van der Waals surface area (Å²) in [5.74, 6) is -1.75. The number of nitrogens with zero attached hydrogens (tertiary/aromatic N) is 2. The summed E-state index contributed by atoms with van der Waals surface area (Å²) in [7, 11) is 0. The molecule has 2 aromatic rings. The van der Waals surface area contributed by atoms with Gasteiger partial charge in [0.1, 0.15) is 5.82 Å². The first kappa shape index (κ1) is 15.3. The van der Waals surface area contributed by atoms with Crippen LogP contribution in [0, 0.1) is 11.2 Å². The number of halogens is 1. The van der Waals surface area contributed by atoms with Crippen LogP contribution in [0.4, 0.5) is 4.39 Å². The second-order valence-electron chi connectivity index (χ2n) is 6.10. The molecule has 1 aromatic heterocycles. The zero-order valence-corrected chi connectivity index (χ0v) is 12.7. The molecule has 1 aliphatic heterocycles. The SMILES string of the molecule is CC1(C(=O)O)CCN(C(=O)c2ccc(-n3cccc3)c(F)c2)C1. The molecule has 0 spiro atoms. The molecule has 1 amide bonds. The molecule has 0 bridgehead atoms. The summed E-state index contributed by atoms with van der Waals surface area (Å²) in [6.45, 7) is 2.13. The van der Waals surface area contributed by atoms with Gasteiger partial charge in [0, 0.05) is 31.0 Å². The number of aliphatic carboxylic acids is 1. The summed E-state index contributed by atoms with van der Waals surface area (Å²) in [6.07, 6.45) is 3.84. The van der Waals surface area contributed by atoms with Crippen molar-refractivity contribution in [2.75, 3.05) is 13.1 Å². The van der Waals surface area contributed by atoms with Gasteiger partial charge < -0.3 is 14.6 Å². The lowest BCUT2D eigenvalue weighted by Gasteiger charge is -2.20. The molecule has 1 aliphatic rings. The predicted molar refractivity (Wildman–Crippen MR) is 82.0 cm³/mol. The van der Waals surface area contributed by atoms with Crippen LogP contribution in [-0.2, 0) is 4.79 Å². The van der Waals surface area contributed by atoms with Crippen LogP contribution < -0.4 is 0 Å². The third-order valence-electron chi connectivity index (χ3n) is 4.35.